The third-order valence-corrected chi connectivity index (χ3v) is 3.91. The predicted molar refractivity (Wildman–Crippen MR) is 72.0 cm³/mol. The highest BCUT2D eigenvalue weighted by Gasteiger charge is 2.25. The second-order valence-electron chi connectivity index (χ2n) is 5.08. The van der Waals surface area contributed by atoms with Crippen LogP contribution >= 0.6 is 0 Å². The Labute approximate surface area is 111 Å². The van der Waals surface area contributed by atoms with E-state index in [0.717, 1.165) is 36.7 Å². The molecule has 4 heteroatoms. The summed E-state index contributed by atoms with van der Waals surface area (Å²) in [5, 5.41) is 1.06. The highest BCUT2D eigenvalue weighted by molar-refractivity contribution is 5.83. The lowest BCUT2D eigenvalue weighted by molar-refractivity contribution is 0.282. The Hall–Kier alpha value is -1.42. The summed E-state index contributed by atoms with van der Waals surface area (Å²) in [6.45, 7) is 2.17. The maximum Gasteiger partial charge on any atom is 0.125 e. The van der Waals surface area contributed by atoms with Crippen LogP contribution in [0.2, 0.25) is 0 Å². The van der Waals surface area contributed by atoms with Crippen LogP contribution in [-0.4, -0.2) is 29.1 Å². The molecular weight excluding hydrogens is 246 g/mol. The van der Waals surface area contributed by atoms with Crippen molar-refractivity contribution in [1.82, 2.24) is 9.88 Å². The van der Waals surface area contributed by atoms with Crippen LogP contribution in [0, 0.1) is 12.4 Å². The molecule has 0 amide bonds. The molecule has 1 aliphatic rings. The first-order valence-corrected chi connectivity index (χ1v) is 6.68. The zero-order valence-electron chi connectivity index (χ0n) is 10.7. The van der Waals surface area contributed by atoms with E-state index in [4.69, 9.17) is 0 Å². The van der Waals surface area contributed by atoms with Crippen molar-refractivity contribution in [3.8, 4) is 0 Å². The Kier molecular flexibility index (Phi) is 3.51. The minimum absolute atomic E-state index is 0.228. The fraction of sp³-hybridized carbons (Fsp3) is 0.400. The first-order chi connectivity index (χ1) is 9.28. The van der Waals surface area contributed by atoms with Gasteiger partial charge in [-0.1, -0.05) is 0 Å². The Balaban J connectivity index is 1.81. The Morgan fingerprint density at radius 1 is 1.42 bits per heavy atom. The molecule has 0 spiro atoms. The highest BCUT2D eigenvalue weighted by Crippen LogP contribution is 2.26. The van der Waals surface area contributed by atoms with E-state index in [1.165, 1.54) is 17.7 Å². The maximum atomic E-state index is 13.1. The maximum absolute atomic E-state index is 13.1. The van der Waals surface area contributed by atoms with Gasteiger partial charge in [0.1, 0.15) is 12.5 Å². The number of H-pyrrole nitrogens is 1. The van der Waals surface area contributed by atoms with E-state index in [-0.39, 0.29) is 5.82 Å². The van der Waals surface area contributed by atoms with Crippen LogP contribution in [0.5, 0.6) is 0 Å². The Bertz CT molecular complexity index is 564. The molecule has 1 unspecified atom stereocenters. The largest absolute Gasteiger partial charge is 0.361 e. The van der Waals surface area contributed by atoms with E-state index < -0.39 is 6.67 Å². The number of rotatable bonds is 4. The summed E-state index contributed by atoms with van der Waals surface area (Å²) in [6, 6.07) is 5.17. The number of nitrogens with one attached hydrogen (secondary N) is 1. The van der Waals surface area contributed by atoms with Crippen molar-refractivity contribution in [2.24, 2.45) is 0 Å². The van der Waals surface area contributed by atoms with Gasteiger partial charge in [-0.25, -0.2) is 8.78 Å². The van der Waals surface area contributed by atoms with Crippen LogP contribution in [0.3, 0.4) is 0 Å². The monoisotopic (exact) mass is 263 g/mol. The molecule has 3 rings (SSSR count). The van der Waals surface area contributed by atoms with Gasteiger partial charge in [-0.2, -0.15) is 0 Å². The molecule has 0 aliphatic carbocycles. The molecule has 1 atom stereocenters. The van der Waals surface area contributed by atoms with E-state index in [9.17, 15) is 8.78 Å². The lowest BCUT2D eigenvalue weighted by atomic mass is 10.0. The van der Waals surface area contributed by atoms with Crippen LogP contribution in [0.4, 0.5) is 8.78 Å². The van der Waals surface area contributed by atoms with Gasteiger partial charge in [0.25, 0.3) is 0 Å². The van der Waals surface area contributed by atoms with E-state index in [0.29, 0.717) is 6.04 Å². The third-order valence-electron chi connectivity index (χ3n) is 3.91. The molecule has 19 heavy (non-hydrogen) atoms. The molecule has 1 aliphatic heterocycles. The summed E-state index contributed by atoms with van der Waals surface area (Å²) < 4.78 is 25.6. The first-order valence-electron chi connectivity index (χ1n) is 6.68. The van der Waals surface area contributed by atoms with Crippen molar-refractivity contribution in [1.29, 1.82) is 0 Å². The van der Waals surface area contributed by atoms with Crippen molar-refractivity contribution in [2.75, 3.05) is 13.2 Å². The minimum Gasteiger partial charge on any atom is -0.361 e. The Morgan fingerprint density at radius 3 is 3.16 bits per heavy atom. The molecule has 1 aromatic heterocycles. The molecular formula is C15H17F2N2. The van der Waals surface area contributed by atoms with Crippen LogP contribution in [0.1, 0.15) is 18.4 Å². The smallest absolute Gasteiger partial charge is 0.125 e. The number of fused-ring (bicyclic) bond motifs is 1. The van der Waals surface area contributed by atoms with Gasteiger partial charge in [-0.05, 0) is 49.6 Å². The number of nitrogens with zero attached hydrogens (tertiary/aromatic N) is 1. The first kappa shape index (κ1) is 12.6. The number of hydrogen-bond donors (Lipinski definition) is 1. The van der Waals surface area contributed by atoms with Gasteiger partial charge in [0.05, 0.1) is 6.54 Å². The fourth-order valence-electron chi connectivity index (χ4n) is 2.99. The zero-order valence-corrected chi connectivity index (χ0v) is 10.7. The van der Waals surface area contributed by atoms with Crippen LogP contribution < -0.4 is 0 Å². The highest BCUT2D eigenvalue weighted by atomic mass is 19.1. The van der Waals surface area contributed by atoms with Crippen LogP contribution in [0.15, 0.2) is 24.4 Å². The normalized spacial score (nSPS) is 20.4. The second kappa shape index (κ2) is 5.29. The van der Waals surface area contributed by atoms with Crippen molar-refractivity contribution in [3.63, 3.8) is 0 Å². The molecule has 1 fully saturated rings. The number of aromatic amines is 1. The number of halogens is 2. The number of benzene rings is 1. The van der Waals surface area contributed by atoms with Crippen LogP contribution in [-0.2, 0) is 6.42 Å². The fourth-order valence-corrected chi connectivity index (χ4v) is 2.99. The molecule has 1 aromatic carbocycles. The number of likely N-dealkylation sites (tertiary alicyclic amines) is 1. The van der Waals surface area contributed by atoms with Crippen molar-refractivity contribution in [2.45, 2.75) is 25.3 Å². The second-order valence-corrected chi connectivity index (χ2v) is 5.08. The van der Waals surface area contributed by atoms with Gasteiger partial charge < -0.3 is 4.98 Å². The van der Waals surface area contributed by atoms with Crippen molar-refractivity contribution >= 4 is 10.9 Å². The van der Waals surface area contributed by atoms with E-state index in [1.807, 2.05) is 12.3 Å². The minimum atomic E-state index is -0.407. The zero-order chi connectivity index (χ0) is 13.2. The summed E-state index contributed by atoms with van der Waals surface area (Å²) in [5.41, 5.74) is 2.01. The molecule has 2 heterocycles. The lowest BCUT2D eigenvalue weighted by Crippen LogP contribution is -2.29. The molecule has 101 valence electrons. The van der Waals surface area contributed by atoms with Gasteiger partial charge in [0, 0.05) is 23.1 Å². The SMILES string of the molecule is FC[CH]N1CCCC1Cc1c[nH]c2cc(F)ccc12. The summed E-state index contributed by atoms with van der Waals surface area (Å²) >= 11 is 0. The molecule has 2 aromatic rings. The molecule has 0 saturated carbocycles. The topological polar surface area (TPSA) is 19.0 Å². The van der Waals surface area contributed by atoms with Gasteiger partial charge >= 0.3 is 0 Å². The summed E-state index contributed by atoms with van der Waals surface area (Å²) in [7, 11) is 0. The van der Waals surface area contributed by atoms with Crippen molar-refractivity contribution < 1.29 is 8.78 Å². The van der Waals surface area contributed by atoms with Gasteiger partial charge in [-0.15, -0.1) is 0 Å². The van der Waals surface area contributed by atoms with Crippen LogP contribution in [0.25, 0.3) is 10.9 Å². The molecule has 1 radical (unpaired) electrons. The average molecular weight is 263 g/mol. The number of hydrogen-bond acceptors (Lipinski definition) is 1. The number of aromatic nitrogens is 1. The van der Waals surface area contributed by atoms with Crippen molar-refractivity contribution in [3.05, 3.63) is 42.3 Å². The summed E-state index contributed by atoms with van der Waals surface area (Å²) in [4.78, 5) is 5.21. The van der Waals surface area contributed by atoms with E-state index >= 15 is 0 Å². The third kappa shape index (κ3) is 2.50. The molecule has 2 nitrogen and oxygen atoms in total. The molecule has 0 bridgehead atoms. The predicted octanol–water partition coefficient (Wildman–Crippen LogP) is 3.45. The summed E-state index contributed by atoms with van der Waals surface area (Å²) in [5.74, 6) is -0.228. The standard InChI is InChI=1S/C15H17F2N2/c16-5-7-19-6-1-2-13(19)8-11-10-18-15-9-12(17)3-4-14(11)15/h3-4,7,9-10,13,18H,1-2,5-6,8H2. The summed E-state index contributed by atoms with van der Waals surface area (Å²) in [6.07, 6.45) is 5.01. The molecule has 1 saturated heterocycles. The van der Waals surface area contributed by atoms with Gasteiger partial charge in [0.2, 0.25) is 0 Å². The Morgan fingerprint density at radius 2 is 2.32 bits per heavy atom. The quantitative estimate of drug-likeness (QED) is 0.895. The lowest BCUT2D eigenvalue weighted by Gasteiger charge is -2.22. The van der Waals surface area contributed by atoms with Gasteiger partial charge in [-0.3, -0.25) is 4.90 Å². The number of alkyl halides is 1. The van der Waals surface area contributed by atoms with Gasteiger partial charge in [0.15, 0.2) is 0 Å². The van der Waals surface area contributed by atoms with E-state index in [1.54, 1.807) is 6.54 Å². The van der Waals surface area contributed by atoms with E-state index in [2.05, 4.69) is 9.88 Å². The molecule has 1 N–H and O–H groups in total. The average Bonchev–Trinajstić information content (AvgIpc) is 2.98.